The molecule has 1 aliphatic rings. The zero-order valence-electron chi connectivity index (χ0n) is 19.2. The maximum atomic E-state index is 13.2. The standard InChI is InChI=1S/C23H29ClFN5O2S/c1-14(2)16(4)26-21(31)13-33-23-27-19(24)11-20(28-23)29-9-10-30(15(3)12-29)22(32)17-5-7-18(25)8-6-17/h5-8,11,14-16H,9-10,12-13H2,1-4H3,(H,26,31). The Morgan fingerprint density at radius 2 is 1.91 bits per heavy atom. The number of rotatable bonds is 7. The molecule has 1 aliphatic heterocycles. The molecule has 0 spiro atoms. The average molecular weight is 494 g/mol. The Bertz CT molecular complexity index is 991. The minimum absolute atomic E-state index is 0.0760. The largest absolute Gasteiger partial charge is 0.353 e. The third-order valence-electron chi connectivity index (χ3n) is 5.69. The number of nitrogens with zero attached hydrogens (tertiary/aromatic N) is 4. The van der Waals surface area contributed by atoms with Crippen LogP contribution in [0.25, 0.3) is 0 Å². The maximum Gasteiger partial charge on any atom is 0.254 e. The molecule has 0 radical (unpaired) electrons. The second-order valence-corrected chi connectivity index (χ2v) is 9.85. The summed E-state index contributed by atoms with van der Waals surface area (Å²) in [5, 5.41) is 3.70. The molecule has 33 heavy (non-hydrogen) atoms. The first-order chi connectivity index (χ1) is 15.6. The van der Waals surface area contributed by atoms with Gasteiger partial charge in [-0.05, 0) is 44.0 Å². The molecule has 1 N–H and O–H groups in total. The van der Waals surface area contributed by atoms with E-state index in [1.54, 1.807) is 11.0 Å². The van der Waals surface area contributed by atoms with Crippen molar-refractivity contribution in [3.8, 4) is 0 Å². The van der Waals surface area contributed by atoms with Crippen LogP contribution in [0.1, 0.15) is 38.1 Å². The molecule has 2 heterocycles. The number of hydrogen-bond acceptors (Lipinski definition) is 6. The Hall–Kier alpha value is -2.39. The molecular weight excluding hydrogens is 465 g/mol. The number of carbonyl (C=O) groups is 2. The highest BCUT2D eigenvalue weighted by molar-refractivity contribution is 7.99. The fourth-order valence-electron chi connectivity index (χ4n) is 3.43. The van der Waals surface area contributed by atoms with Crippen LogP contribution >= 0.6 is 23.4 Å². The highest BCUT2D eigenvalue weighted by Gasteiger charge is 2.29. The molecule has 2 atom stereocenters. The van der Waals surface area contributed by atoms with Crippen LogP contribution in [0.3, 0.4) is 0 Å². The van der Waals surface area contributed by atoms with Gasteiger partial charge in [-0.3, -0.25) is 9.59 Å². The molecule has 2 aromatic rings. The van der Waals surface area contributed by atoms with Crippen molar-refractivity contribution in [1.29, 1.82) is 0 Å². The number of aromatic nitrogens is 2. The van der Waals surface area contributed by atoms with Gasteiger partial charge in [0.15, 0.2) is 5.16 Å². The molecule has 1 fully saturated rings. The van der Waals surface area contributed by atoms with Gasteiger partial charge < -0.3 is 15.1 Å². The van der Waals surface area contributed by atoms with Crippen LogP contribution in [-0.2, 0) is 4.79 Å². The van der Waals surface area contributed by atoms with E-state index < -0.39 is 0 Å². The number of nitrogens with one attached hydrogen (secondary N) is 1. The van der Waals surface area contributed by atoms with Gasteiger partial charge in [-0.15, -0.1) is 0 Å². The van der Waals surface area contributed by atoms with Gasteiger partial charge in [-0.1, -0.05) is 37.2 Å². The van der Waals surface area contributed by atoms with Crippen molar-refractivity contribution in [3.63, 3.8) is 0 Å². The normalized spacial score (nSPS) is 17.2. The lowest BCUT2D eigenvalue weighted by molar-refractivity contribution is -0.119. The van der Waals surface area contributed by atoms with E-state index in [-0.39, 0.29) is 35.5 Å². The number of hydrogen-bond donors (Lipinski definition) is 1. The molecular formula is C23H29ClFN5O2S. The molecule has 2 unspecified atom stereocenters. The average Bonchev–Trinajstić information content (AvgIpc) is 2.77. The van der Waals surface area contributed by atoms with Gasteiger partial charge in [0.25, 0.3) is 5.91 Å². The summed E-state index contributed by atoms with van der Waals surface area (Å²) < 4.78 is 13.2. The number of amides is 2. The minimum atomic E-state index is -0.370. The third kappa shape index (κ3) is 6.80. The van der Waals surface area contributed by atoms with Gasteiger partial charge in [0.2, 0.25) is 5.91 Å². The molecule has 178 valence electrons. The maximum absolute atomic E-state index is 13.2. The van der Waals surface area contributed by atoms with E-state index in [1.807, 2.05) is 13.8 Å². The van der Waals surface area contributed by atoms with Crippen molar-refractivity contribution in [2.45, 2.75) is 44.9 Å². The Kier molecular flexibility index (Phi) is 8.53. The summed E-state index contributed by atoms with van der Waals surface area (Å²) in [4.78, 5) is 37.7. The summed E-state index contributed by atoms with van der Waals surface area (Å²) in [5.41, 5.74) is 0.463. The van der Waals surface area contributed by atoms with E-state index in [4.69, 9.17) is 11.6 Å². The second-order valence-electron chi connectivity index (χ2n) is 8.52. The van der Waals surface area contributed by atoms with Gasteiger partial charge >= 0.3 is 0 Å². The van der Waals surface area contributed by atoms with Gasteiger partial charge in [0.1, 0.15) is 16.8 Å². The van der Waals surface area contributed by atoms with Crippen molar-refractivity contribution < 1.29 is 14.0 Å². The first kappa shape index (κ1) is 25.2. The number of thioether (sulfide) groups is 1. The van der Waals surface area contributed by atoms with E-state index in [9.17, 15) is 14.0 Å². The number of halogens is 2. The highest BCUT2D eigenvalue weighted by Crippen LogP contribution is 2.24. The van der Waals surface area contributed by atoms with Crippen molar-refractivity contribution in [2.24, 2.45) is 5.92 Å². The van der Waals surface area contributed by atoms with E-state index in [2.05, 4.69) is 34.0 Å². The first-order valence-corrected chi connectivity index (χ1v) is 12.3. The zero-order valence-corrected chi connectivity index (χ0v) is 20.8. The second kappa shape index (κ2) is 11.2. The first-order valence-electron chi connectivity index (χ1n) is 10.9. The lowest BCUT2D eigenvalue weighted by Gasteiger charge is -2.40. The molecule has 1 saturated heterocycles. The van der Waals surface area contributed by atoms with Crippen molar-refractivity contribution in [2.75, 3.05) is 30.3 Å². The van der Waals surface area contributed by atoms with Gasteiger partial charge in [-0.25, -0.2) is 14.4 Å². The SMILES string of the molecule is CC(C)C(C)NC(=O)CSc1nc(Cl)cc(N2CCN(C(=O)c3ccc(F)cc3)C(C)C2)n1. The fraction of sp³-hybridized carbons (Fsp3) is 0.478. The third-order valence-corrected chi connectivity index (χ3v) is 6.73. The van der Waals surface area contributed by atoms with E-state index in [1.165, 1.54) is 36.0 Å². The summed E-state index contributed by atoms with van der Waals surface area (Å²) in [7, 11) is 0. The molecule has 1 aromatic carbocycles. The van der Waals surface area contributed by atoms with Crippen LogP contribution in [0.5, 0.6) is 0 Å². The van der Waals surface area contributed by atoms with Gasteiger partial charge in [0, 0.05) is 43.3 Å². The zero-order chi connectivity index (χ0) is 24.1. The fourth-order valence-corrected chi connectivity index (χ4v) is 4.32. The van der Waals surface area contributed by atoms with E-state index >= 15 is 0 Å². The molecule has 2 amide bonds. The number of anilines is 1. The van der Waals surface area contributed by atoms with Gasteiger partial charge in [0.05, 0.1) is 5.75 Å². The van der Waals surface area contributed by atoms with Crippen molar-refractivity contribution in [1.82, 2.24) is 20.2 Å². The van der Waals surface area contributed by atoms with Crippen LogP contribution < -0.4 is 10.2 Å². The topological polar surface area (TPSA) is 78.4 Å². The lowest BCUT2D eigenvalue weighted by atomic mass is 10.1. The highest BCUT2D eigenvalue weighted by atomic mass is 35.5. The van der Waals surface area contributed by atoms with Crippen LogP contribution in [0.15, 0.2) is 35.5 Å². The predicted molar refractivity (Wildman–Crippen MR) is 129 cm³/mol. The lowest BCUT2D eigenvalue weighted by Crippen LogP contribution is -2.54. The summed E-state index contributed by atoms with van der Waals surface area (Å²) >= 11 is 7.47. The number of piperazine rings is 1. The van der Waals surface area contributed by atoms with Crippen LogP contribution in [0.4, 0.5) is 10.2 Å². The number of carbonyl (C=O) groups excluding carboxylic acids is 2. The summed E-state index contributed by atoms with van der Waals surface area (Å²) in [5.74, 6) is 0.643. The van der Waals surface area contributed by atoms with Crippen LogP contribution in [-0.4, -0.2) is 64.2 Å². The van der Waals surface area contributed by atoms with Crippen LogP contribution in [0, 0.1) is 11.7 Å². The summed E-state index contributed by atoms with van der Waals surface area (Å²) in [6, 6.07) is 7.29. The molecule has 1 aromatic heterocycles. The Balaban J connectivity index is 1.62. The summed E-state index contributed by atoms with van der Waals surface area (Å²) in [6.07, 6.45) is 0. The molecule has 0 saturated carbocycles. The van der Waals surface area contributed by atoms with Gasteiger partial charge in [-0.2, -0.15) is 0 Å². The Morgan fingerprint density at radius 3 is 2.55 bits per heavy atom. The summed E-state index contributed by atoms with van der Waals surface area (Å²) in [6.45, 7) is 9.68. The molecule has 3 rings (SSSR count). The molecule has 10 heteroatoms. The monoisotopic (exact) mass is 493 g/mol. The van der Waals surface area contributed by atoms with E-state index in [0.717, 1.165) is 0 Å². The molecule has 0 aliphatic carbocycles. The molecule has 0 bridgehead atoms. The minimum Gasteiger partial charge on any atom is -0.353 e. The smallest absolute Gasteiger partial charge is 0.254 e. The van der Waals surface area contributed by atoms with Crippen molar-refractivity contribution in [3.05, 3.63) is 46.9 Å². The predicted octanol–water partition coefficient (Wildman–Crippen LogP) is 3.87. The van der Waals surface area contributed by atoms with E-state index in [0.29, 0.717) is 47.2 Å². The Labute approximate surface area is 203 Å². The Morgan fingerprint density at radius 1 is 1.21 bits per heavy atom. The quantitative estimate of drug-likeness (QED) is 0.358. The van der Waals surface area contributed by atoms with Crippen LogP contribution in [0.2, 0.25) is 5.15 Å². The number of benzene rings is 1. The molecule has 7 nitrogen and oxygen atoms in total. The van der Waals surface area contributed by atoms with Crippen molar-refractivity contribution >= 4 is 41.0 Å².